The van der Waals surface area contributed by atoms with Crippen molar-refractivity contribution in [1.29, 1.82) is 0 Å². The summed E-state index contributed by atoms with van der Waals surface area (Å²) in [4.78, 5) is 2.68. The Bertz CT molecular complexity index is 243. The minimum absolute atomic E-state index is 0.443. The molecule has 1 fully saturated rings. The van der Waals surface area contributed by atoms with Crippen LogP contribution in [0.25, 0.3) is 0 Å². The molecule has 0 saturated carbocycles. The highest BCUT2D eigenvalue weighted by Gasteiger charge is 2.30. The van der Waals surface area contributed by atoms with Gasteiger partial charge in [0.25, 0.3) is 0 Å². The maximum atomic E-state index is 5.30. The van der Waals surface area contributed by atoms with Crippen LogP contribution in [-0.2, 0) is 4.74 Å². The molecule has 0 aromatic carbocycles. The third-order valence-electron chi connectivity index (χ3n) is 5.05. The molecule has 1 N–H and O–H groups in total. The highest BCUT2D eigenvalue weighted by molar-refractivity contribution is 4.85. The zero-order chi connectivity index (χ0) is 15.0. The minimum atomic E-state index is 0.443. The van der Waals surface area contributed by atoms with E-state index >= 15 is 0 Å². The topological polar surface area (TPSA) is 24.5 Å². The number of rotatable bonds is 9. The Hall–Kier alpha value is -0.120. The van der Waals surface area contributed by atoms with Crippen molar-refractivity contribution in [2.75, 3.05) is 39.9 Å². The van der Waals surface area contributed by atoms with E-state index in [4.69, 9.17) is 4.74 Å². The summed E-state index contributed by atoms with van der Waals surface area (Å²) in [7, 11) is 1.82. The lowest BCUT2D eigenvalue weighted by Gasteiger charge is -2.41. The van der Waals surface area contributed by atoms with Gasteiger partial charge >= 0.3 is 0 Å². The molecular weight excluding hydrogens is 248 g/mol. The summed E-state index contributed by atoms with van der Waals surface area (Å²) in [5.74, 6) is 0.780. The molecule has 1 rings (SSSR count). The summed E-state index contributed by atoms with van der Waals surface area (Å²) in [6.45, 7) is 15.0. The van der Waals surface area contributed by atoms with Gasteiger partial charge in [-0.25, -0.2) is 0 Å². The fraction of sp³-hybridized carbons (Fsp3) is 1.00. The number of hydrogen-bond acceptors (Lipinski definition) is 3. The Labute approximate surface area is 126 Å². The number of nitrogens with zero attached hydrogens (tertiary/aromatic N) is 1. The largest absolute Gasteiger partial charge is 0.384 e. The second kappa shape index (κ2) is 9.01. The van der Waals surface area contributed by atoms with Crippen LogP contribution in [0.4, 0.5) is 0 Å². The second-order valence-electron chi connectivity index (χ2n) is 6.92. The Balaban J connectivity index is 2.46. The van der Waals surface area contributed by atoms with Gasteiger partial charge in [0.05, 0.1) is 0 Å². The van der Waals surface area contributed by atoms with Crippen LogP contribution in [0.3, 0.4) is 0 Å². The normalized spacial score (nSPS) is 18.9. The number of methoxy groups -OCH3 is 1. The van der Waals surface area contributed by atoms with Crippen LogP contribution in [-0.4, -0.2) is 50.8 Å². The van der Waals surface area contributed by atoms with E-state index in [1.807, 2.05) is 7.11 Å². The molecule has 0 aliphatic carbocycles. The molecule has 1 aliphatic heterocycles. The summed E-state index contributed by atoms with van der Waals surface area (Å²) in [5, 5.41) is 3.66. The van der Waals surface area contributed by atoms with Crippen molar-refractivity contribution in [2.45, 2.75) is 59.4 Å². The zero-order valence-electron chi connectivity index (χ0n) is 14.4. The van der Waals surface area contributed by atoms with E-state index in [0.29, 0.717) is 11.5 Å². The monoisotopic (exact) mass is 284 g/mol. The fourth-order valence-corrected chi connectivity index (χ4v) is 3.22. The van der Waals surface area contributed by atoms with E-state index in [1.54, 1.807) is 0 Å². The maximum Gasteiger partial charge on any atom is 0.0491 e. The summed E-state index contributed by atoms with van der Waals surface area (Å²) in [6, 6.07) is 0.583. The van der Waals surface area contributed by atoms with Crippen molar-refractivity contribution in [3.63, 3.8) is 0 Å². The summed E-state index contributed by atoms with van der Waals surface area (Å²) < 4.78 is 5.30. The van der Waals surface area contributed by atoms with Gasteiger partial charge < -0.3 is 15.0 Å². The van der Waals surface area contributed by atoms with E-state index < -0.39 is 0 Å². The lowest BCUT2D eigenvalue weighted by atomic mass is 9.80. The van der Waals surface area contributed by atoms with Gasteiger partial charge in [0.1, 0.15) is 0 Å². The third-order valence-corrected chi connectivity index (χ3v) is 5.05. The Kier molecular flexibility index (Phi) is 8.08. The molecule has 3 heteroatoms. The predicted octanol–water partition coefficient (Wildman–Crippen LogP) is 3.15. The van der Waals surface area contributed by atoms with E-state index in [9.17, 15) is 0 Å². The van der Waals surface area contributed by atoms with Crippen molar-refractivity contribution in [3.05, 3.63) is 0 Å². The molecule has 0 radical (unpaired) electrons. The van der Waals surface area contributed by atoms with E-state index in [-0.39, 0.29) is 0 Å². The van der Waals surface area contributed by atoms with Gasteiger partial charge in [-0.1, -0.05) is 27.7 Å². The molecule has 3 nitrogen and oxygen atoms in total. The first kappa shape index (κ1) is 17.9. The van der Waals surface area contributed by atoms with E-state index in [0.717, 1.165) is 19.1 Å². The lowest BCUT2D eigenvalue weighted by Crippen LogP contribution is -2.47. The average Bonchev–Trinajstić information content (AvgIpc) is 2.46. The number of ether oxygens (including phenoxy) is 1. The zero-order valence-corrected chi connectivity index (χ0v) is 14.4. The predicted molar refractivity (Wildman–Crippen MR) is 87.2 cm³/mol. The van der Waals surface area contributed by atoms with Crippen molar-refractivity contribution in [2.24, 2.45) is 11.3 Å². The smallest absolute Gasteiger partial charge is 0.0491 e. The van der Waals surface area contributed by atoms with Crippen LogP contribution in [0, 0.1) is 11.3 Å². The molecular formula is C17H36N2O. The molecule has 1 aliphatic rings. The summed E-state index contributed by atoms with van der Waals surface area (Å²) >= 11 is 0. The van der Waals surface area contributed by atoms with Gasteiger partial charge in [-0.05, 0) is 50.1 Å². The third kappa shape index (κ3) is 5.71. The van der Waals surface area contributed by atoms with E-state index in [2.05, 4.69) is 37.9 Å². The summed E-state index contributed by atoms with van der Waals surface area (Å²) in [5.41, 5.74) is 0.443. The number of likely N-dealkylation sites (tertiary alicyclic amines) is 1. The van der Waals surface area contributed by atoms with Crippen molar-refractivity contribution in [3.8, 4) is 0 Å². The Morgan fingerprint density at radius 1 is 1.20 bits per heavy atom. The number of hydrogen-bond donors (Lipinski definition) is 1. The van der Waals surface area contributed by atoms with Crippen LogP contribution in [0.2, 0.25) is 0 Å². The van der Waals surface area contributed by atoms with Crippen LogP contribution in [0.15, 0.2) is 0 Å². The van der Waals surface area contributed by atoms with Crippen LogP contribution >= 0.6 is 0 Å². The second-order valence-corrected chi connectivity index (χ2v) is 6.92. The first-order chi connectivity index (χ1) is 9.55. The lowest BCUT2D eigenvalue weighted by molar-refractivity contribution is 0.0684. The molecule has 0 spiro atoms. The molecule has 0 aromatic rings. The standard InChI is InChI=1S/C17H36N2O/c1-6-17(7-2,13-18-15(3)4)14-19-10-8-16(9-11-19)12-20-5/h15-16,18H,6-14H2,1-5H3. The molecule has 0 atom stereocenters. The van der Waals surface area contributed by atoms with Gasteiger partial charge in [-0.15, -0.1) is 0 Å². The van der Waals surface area contributed by atoms with Gasteiger partial charge in [0.15, 0.2) is 0 Å². The van der Waals surface area contributed by atoms with Gasteiger partial charge in [-0.3, -0.25) is 0 Å². The molecule has 120 valence electrons. The highest BCUT2D eigenvalue weighted by Crippen LogP contribution is 2.29. The molecule has 0 aromatic heterocycles. The van der Waals surface area contributed by atoms with Crippen LogP contribution < -0.4 is 5.32 Å². The average molecular weight is 284 g/mol. The van der Waals surface area contributed by atoms with Crippen LogP contribution in [0.5, 0.6) is 0 Å². The first-order valence-corrected chi connectivity index (χ1v) is 8.50. The summed E-state index contributed by atoms with van der Waals surface area (Å²) in [6.07, 6.45) is 5.13. The Morgan fingerprint density at radius 2 is 1.80 bits per heavy atom. The quantitative estimate of drug-likeness (QED) is 0.704. The molecule has 0 unspecified atom stereocenters. The maximum absolute atomic E-state index is 5.30. The van der Waals surface area contributed by atoms with Gasteiger partial charge in [-0.2, -0.15) is 0 Å². The molecule has 1 heterocycles. The van der Waals surface area contributed by atoms with Crippen molar-refractivity contribution >= 4 is 0 Å². The number of nitrogens with one attached hydrogen (secondary N) is 1. The SMILES string of the molecule is CCC(CC)(CNC(C)C)CN1CCC(COC)CC1. The minimum Gasteiger partial charge on any atom is -0.384 e. The number of piperidine rings is 1. The van der Waals surface area contributed by atoms with Crippen molar-refractivity contribution in [1.82, 2.24) is 10.2 Å². The van der Waals surface area contributed by atoms with E-state index in [1.165, 1.54) is 45.3 Å². The van der Waals surface area contributed by atoms with Gasteiger partial charge in [0, 0.05) is 32.8 Å². The molecule has 0 bridgehead atoms. The Morgan fingerprint density at radius 3 is 2.25 bits per heavy atom. The fourth-order valence-electron chi connectivity index (χ4n) is 3.22. The molecule has 20 heavy (non-hydrogen) atoms. The van der Waals surface area contributed by atoms with Crippen molar-refractivity contribution < 1.29 is 4.74 Å². The molecule has 0 amide bonds. The highest BCUT2D eigenvalue weighted by atomic mass is 16.5. The first-order valence-electron chi connectivity index (χ1n) is 8.50. The van der Waals surface area contributed by atoms with Crippen LogP contribution in [0.1, 0.15) is 53.4 Å². The molecule has 1 saturated heterocycles. The van der Waals surface area contributed by atoms with Gasteiger partial charge in [0.2, 0.25) is 0 Å².